The van der Waals surface area contributed by atoms with E-state index in [9.17, 15) is 0 Å². The zero-order valence-corrected chi connectivity index (χ0v) is 11.6. The second-order valence-corrected chi connectivity index (χ2v) is 4.99. The maximum absolute atomic E-state index is 8.76. The van der Waals surface area contributed by atoms with Gasteiger partial charge in [0.25, 0.3) is 0 Å². The fourth-order valence-corrected chi connectivity index (χ4v) is 2.09. The molecule has 0 aromatic heterocycles. The Kier molecular flexibility index (Phi) is 3.75. The summed E-state index contributed by atoms with van der Waals surface area (Å²) < 4.78 is 0.913. The summed E-state index contributed by atoms with van der Waals surface area (Å²) in [7, 11) is 0. The number of hydrogen-bond donors (Lipinski definition) is 2. The summed E-state index contributed by atoms with van der Waals surface area (Å²) in [6.07, 6.45) is 0. The highest BCUT2D eigenvalue weighted by Crippen LogP contribution is 2.30. The van der Waals surface area contributed by atoms with Crippen LogP contribution in [0.1, 0.15) is 5.56 Å². The largest absolute Gasteiger partial charge is 0.397 e. The Morgan fingerprint density at radius 2 is 1.89 bits per heavy atom. The van der Waals surface area contributed by atoms with Gasteiger partial charge in [0.15, 0.2) is 0 Å². The minimum absolute atomic E-state index is 0.483. The molecular weight excluding hydrogens is 314 g/mol. The first-order valence-electron chi connectivity index (χ1n) is 5.12. The summed E-state index contributed by atoms with van der Waals surface area (Å²) in [5.41, 5.74) is 8.51. The van der Waals surface area contributed by atoms with Gasteiger partial charge in [-0.1, -0.05) is 27.5 Å². The summed E-state index contributed by atoms with van der Waals surface area (Å²) in [5.74, 6) is 0. The first kappa shape index (κ1) is 12.7. The molecule has 0 unspecified atom stereocenters. The molecule has 0 saturated carbocycles. The van der Waals surface area contributed by atoms with E-state index < -0.39 is 0 Å². The number of hydrogen-bond acceptors (Lipinski definition) is 3. The molecule has 0 aliphatic carbocycles. The Balaban J connectivity index is 2.32. The van der Waals surface area contributed by atoms with Crippen LogP contribution in [0.25, 0.3) is 0 Å². The molecule has 18 heavy (non-hydrogen) atoms. The number of nitrogens with one attached hydrogen (secondary N) is 1. The third-order valence-electron chi connectivity index (χ3n) is 2.38. The van der Waals surface area contributed by atoms with Crippen LogP contribution in [0.15, 0.2) is 40.9 Å². The Labute approximate surface area is 118 Å². The second-order valence-electron chi connectivity index (χ2n) is 3.66. The van der Waals surface area contributed by atoms with E-state index in [0.717, 1.165) is 10.2 Å². The van der Waals surface area contributed by atoms with Crippen LogP contribution >= 0.6 is 27.5 Å². The molecule has 2 aromatic rings. The van der Waals surface area contributed by atoms with Gasteiger partial charge in [0.1, 0.15) is 0 Å². The molecule has 0 fully saturated rings. The van der Waals surface area contributed by atoms with Crippen molar-refractivity contribution in [1.82, 2.24) is 0 Å². The van der Waals surface area contributed by atoms with Gasteiger partial charge >= 0.3 is 0 Å². The fourth-order valence-electron chi connectivity index (χ4n) is 1.48. The number of nitriles is 1. The van der Waals surface area contributed by atoms with Crippen molar-refractivity contribution in [3.63, 3.8) is 0 Å². The van der Waals surface area contributed by atoms with Gasteiger partial charge in [-0.25, -0.2) is 0 Å². The Hall–Kier alpha value is -1.70. The number of nitrogens with zero attached hydrogens (tertiary/aromatic N) is 1. The number of rotatable bonds is 2. The molecule has 5 heteroatoms. The first-order valence-corrected chi connectivity index (χ1v) is 6.29. The highest BCUT2D eigenvalue weighted by molar-refractivity contribution is 9.10. The van der Waals surface area contributed by atoms with Crippen molar-refractivity contribution in [2.45, 2.75) is 0 Å². The molecule has 0 spiro atoms. The highest BCUT2D eigenvalue weighted by Gasteiger charge is 2.05. The van der Waals surface area contributed by atoms with Crippen LogP contribution in [0.2, 0.25) is 5.02 Å². The van der Waals surface area contributed by atoms with Crippen molar-refractivity contribution in [3.05, 3.63) is 51.5 Å². The topological polar surface area (TPSA) is 61.8 Å². The van der Waals surface area contributed by atoms with Gasteiger partial charge in [-0.15, -0.1) is 0 Å². The molecular formula is C13H9BrClN3. The van der Waals surface area contributed by atoms with E-state index in [4.69, 9.17) is 22.6 Å². The molecule has 0 aliphatic heterocycles. The van der Waals surface area contributed by atoms with Crippen molar-refractivity contribution < 1.29 is 0 Å². The normalized spacial score (nSPS) is 9.83. The van der Waals surface area contributed by atoms with Crippen molar-refractivity contribution >= 4 is 44.6 Å². The maximum atomic E-state index is 8.76. The molecule has 0 heterocycles. The molecule has 90 valence electrons. The van der Waals surface area contributed by atoms with Gasteiger partial charge in [0.2, 0.25) is 0 Å². The van der Waals surface area contributed by atoms with Crippen molar-refractivity contribution in [2.24, 2.45) is 0 Å². The van der Waals surface area contributed by atoms with E-state index in [2.05, 4.69) is 21.2 Å². The van der Waals surface area contributed by atoms with Gasteiger partial charge in [0.05, 0.1) is 33.7 Å². The Morgan fingerprint density at radius 3 is 2.50 bits per heavy atom. The standard InChI is InChI=1S/C13H9BrClN3/c14-9-2-4-13(11(17)6-9)18-12-3-1-8(7-16)5-10(12)15/h1-6,18H,17H2. The fraction of sp³-hybridized carbons (Fsp3) is 0. The van der Waals surface area contributed by atoms with Crippen molar-refractivity contribution in [1.29, 1.82) is 5.26 Å². The van der Waals surface area contributed by atoms with Gasteiger partial charge in [-0.3, -0.25) is 0 Å². The number of anilines is 3. The molecule has 3 nitrogen and oxygen atoms in total. The average molecular weight is 323 g/mol. The second kappa shape index (κ2) is 5.30. The molecule has 0 atom stereocenters. The van der Waals surface area contributed by atoms with E-state index in [1.54, 1.807) is 24.3 Å². The summed E-state index contributed by atoms with van der Waals surface area (Å²) >= 11 is 9.42. The zero-order chi connectivity index (χ0) is 13.1. The molecule has 0 bridgehead atoms. The summed E-state index contributed by atoms with van der Waals surface area (Å²) in [6.45, 7) is 0. The van der Waals surface area contributed by atoms with Crippen molar-refractivity contribution in [3.8, 4) is 6.07 Å². The van der Waals surface area contributed by atoms with E-state index in [-0.39, 0.29) is 0 Å². The monoisotopic (exact) mass is 321 g/mol. The number of nitrogens with two attached hydrogens (primary N) is 1. The third kappa shape index (κ3) is 2.76. The molecule has 0 amide bonds. The van der Waals surface area contributed by atoms with E-state index in [1.165, 1.54) is 0 Å². The molecule has 0 saturated heterocycles. The molecule has 0 aliphatic rings. The number of nitrogen functional groups attached to an aromatic ring is 1. The minimum atomic E-state index is 0.483. The smallest absolute Gasteiger partial charge is 0.0992 e. The summed E-state index contributed by atoms with van der Waals surface area (Å²) in [5, 5.41) is 12.4. The molecule has 2 aromatic carbocycles. The van der Waals surface area contributed by atoms with Gasteiger partial charge in [-0.2, -0.15) is 5.26 Å². The maximum Gasteiger partial charge on any atom is 0.0992 e. The lowest BCUT2D eigenvalue weighted by Crippen LogP contribution is -1.96. The van der Waals surface area contributed by atoms with E-state index in [0.29, 0.717) is 22.0 Å². The third-order valence-corrected chi connectivity index (χ3v) is 3.19. The van der Waals surface area contributed by atoms with E-state index in [1.807, 2.05) is 18.2 Å². The molecule has 2 rings (SSSR count). The predicted molar refractivity (Wildman–Crippen MR) is 78.0 cm³/mol. The van der Waals surface area contributed by atoms with Crippen molar-refractivity contribution in [2.75, 3.05) is 11.1 Å². The van der Waals surface area contributed by atoms with Crippen LogP contribution in [-0.4, -0.2) is 0 Å². The van der Waals surface area contributed by atoms with Crippen LogP contribution in [0.5, 0.6) is 0 Å². The van der Waals surface area contributed by atoms with Crippen LogP contribution in [0, 0.1) is 11.3 Å². The average Bonchev–Trinajstić information content (AvgIpc) is 2.34. The Morgan fingerprint density at radius 1 is 1.17 bits per heavy atom. The SMILES string of the molecule is N#Cc1ccc(Nc2ccc(Br)cc2N)c(Cl)c1. The van der Waals surface area contributed by atoms with E-state index >= 15 is 0 Å². The number of benzene rings is 2. The summed E-state index contributed by atoms with van der Waals surface area (Å²) in [4.78, 5) is 0. The first-order chi connectivity index (χ1) is 8.60. The molecule has 3 N–H and O–H groups in total. The van der Waals surface area contributed by atoms with Gasteiger partial charge in [0, 0.05) is 4.47 Å². The lowest BCUT2D eigenvalue weighted by molar-refractivity contribution is 1.47. The lowest BCUT2D eigenvalue weighted by Gasteiger charge is -2.11. The van der Waals surface area contributed by atoms with Crippen LogP contribution in [-0.2, 0) is 0 Å². The highest BCUT2D eigenvalue weighted by atomic mass is 79.9. The predicted octanol–water partition coefficient (Wildman–Crippen LogP) is 4.30. The minimum Gasteiger partial charge on any atom is -0.397 e. The summed E-state index contributed by atoms with van der Waals surface area (Å²) in [6, 6.07) is 12.6. The Bertz CT molecular complexity index is 635. The quantitative estimate of drug-likeness (QED) is 0.810. The zero-order valence-electron chi connectivity index (χ0n) is 9.24. The number of halogens is 2. The van der Waals surface area contributed by atoms with Crippen LogP contribution in [0.3, 0.4) is 0 Å². The van der Waals surface area contributed by atoms with Gasteiger partial charge < -0.3 is 11.1 Å². The van der Waals surface area contributed by atoms with Crippen LogP contribution < -0.4 is 11.1 Å². The molecule has 0 radical (unpaired) electrons. The van der Waals surface area contributed by atoms with Crippen LogP contribution in [0.4, 0.5) is 17.1 Å². The lowest BCUT2D eigenvalue weighted by atomic mass is 10.2. The van der Waals surface area contributed by atoms with Gasteiger partial charge in [-0.05, 0) is 36.4 Å².